The number of aliphatic carboxylic acids is 2. The highest BCUT2D eigenvalue weighted by Gasteiger charge is 2.31. The number of carbonyl (C=O) groups is 5. The van der Waals surface area contributed by atoms with E-state index in [9.17, 15) is 24.0 Å². The molecule has 0 saturated carbocycles. The minimum atomic E-state index is -1.53. The fraction of sp³-hybridized carbons (Fsp3) is 0.647. The molecule has 0 spiro atoms. The summed E-state index contributed by atoms with van der Waals surface area (Å²) < 4.78 is 0. The Morgan fingerprint density at radius 3 is 2.03 bits per heavy atom. The van der Waals surface area contributed by atoms with Gasteiger partial charge in [0.2, 0.25) is 17.7 Å². The number of amides is 3. The van der Waals surface area contributed by atoms with Gasteiger partial charge in [-0.3, -0.25) is 29.0 Å². The lowest BCUT2D eigenvalue weighted by molar-refractivity contribution is -0.141. The van der Waals surface area contributed by atoms with Crippen molar-refractivity contribution in [1.82, 2.24) is 16.0 Å². The smallest absolute Gasteiger partial charge is 0.322 e. The molecule has 3 unspecified atom stereocenters. The molecule has 0 bridgehead atoms. The normalized spacial score (nSPS) is 13.4. The van der Waals surface area contributed by atoms with Gasteiger partial charge < -0.3 is 43.4 Å². The Bertz CT molecular complexity index is 692. The van der Waals surface area contributed by atoms with Crippen LogP contribution >= 0.6 is 0 Å². The molecule has 0 aliphatic heterocycles. The summed E-state index contributed by atoms with van der Waals surface area (Å²) in [4.78, 5) is 62.4. The molecule has 0 aliphatic carbocycles. The molecule has 176 valence electrons. The Labute approximate surface area is 179 Å². The predicted octanol–water partition coefficient (Wildman–Crippen LogP) is -3.33. The van der Waals surface area contributed by atoms with Crippen molar-refractivity contribution < 1.29 is 34.2 Å². The first-order chi connectivity index (χ1) is 14.3. The van der Waals surface area contributed by atoms with E-state index in [1.807, 2.05) is 5.32 Å². The summed E-state index contributed by atoms with van der Waals surface area (Å²) in [5, 5.41) is 24.3. The summed E-state index contributed by atoms with van der Waals surface area (Å²) >= 11 is 0. The minimum Gasteiger partial charge on any atom is -0.481 e. The van der Waals surface area contributed by atoms with Crippen molar-refractivity contribution in [3.05, 3.63) is 0 Å². The van der Waals surface area contributed by atoms with Crippen LogP contribution in [-0.4, -0.2) is 77.0 Å². The van der Waals surface area contributed by atoms with Crippen molar-refractivity contribution in [2.45, 2.75) is 51.2 Å². The predicted molar refractivity (Wildman–Crippen MR) is 109 cm³/mol. The molecule has 0 fully saturated rings. The van der Waals surface area contributed by atoms with Gasteiger partial charge in [-0.2, -0.15) is 0 Å². The fourth-order valence-electron chi connectivity index (χ4n) is 2.38. The number of hydrogen-bond acceptors (Lipinski definition) is 7. The molecule has 0 aromatic rings. The summed E-state index contributed by atoms with van der Waals surface area (Å²) in [6.45, 7) is 2.79. The van der Waals surface area contributed by atoms with Gasteiger partial charge >= 0.3 is 11.9 Å². The standard InChI is InChI=1S/C17H31N7O7/c1-8(2)13(24-14(29)9(18)4-3-5-21-17(19)20)16(31)23-10(6-11(25)26)15(30)22-7-12(27)28/h8-10,13H,3-7,18H2,1-2H3,(H,22,30)(H,23,31)(H,24,29)(H,25,26)(H,27,28)(H4,19,20,21). The van der Waals surface area contributed by atoms with Gasteiger partial charge in [0.25, 0.3) is 0 Å². The zero-order valence-electron chi connectivity index (χ0n) is 17.5. The van der Waals surface area contributed by atoms with Crippen molar-refractivity contribution in [2.24, 2.45) is 28.1 Å². The van der Waals surface area contributed by atoms with E-state index in [-0.39, 0.29) is 18.9 Å². The van der Waals surface area contributed by atoms with Crippen molar-refractivity contribution in [1.29, 1.82) is 0 Å². The number of aliphatic imine (C=N–C) groups is 1. The van der Waals surface area contributed by atoms with Crippen molar-refractivity contribution in [3.8, 4) is 0 Å². The van der Waals surface area contributed by atoms with Crippen LogP contribution in [0, 0.1) is 5.92 Å². The number of carboxylic acid groups (broad SMARTS) is 2. The Morgan fingerprint density at radius 1 is 0.935 bits per heavy atom. The molecule has 31 heavy (non-hydrogen) atoms. The lowest BCUT2D eigenvalue weighted by atomic mass is 10.0. The Morgan fingerprint density at radius 2 is 1.55 bits per heavy atom. The first kappa shape index (κ1) is 27.6. The van der Waals surface area contributed by atoms with E-state index in [1.54, 1.807) is 13.8 Å². The van der Waals surface area contributed by atoms with Gasteiger partial charge in [0.05, 0.1) is 12.5 Å². The van der Waals surface area contributed by atoms with Crippen LogP contribution in [0.1, 0.15) is 33.1 Å². The van der Waals surface area contributed by atoms with E-state index >= 15 is 0 Å². The number of carbonyl (C=O) groups excluding carboxylic acids is 3. The minimum absolute atomic E-state index is 0.0853. The third-order valence-corrected chi connectivity index (χ3v) is 3.98. The van der Waals surface area contributed by atoms with E-state index in [2.05, 4.69) is 15.6 Å². The van der Waals surface area contributed by atoms with E-state index in [0.29, 0.717) is 6.42 Å². The number of carboxylic acids is 2. The second-order valence-corrected chi connectivity index (χ2v) is 7.06. The summed E-state index contributed by atoms with van der Waals surface area (Å²) in [7, 11) is 0. The van der Waals surface area contributed by atoms with Crippen molar-refractivity contribution in [2.75, 3.05) is 13.1 Å². The van der Waals surface area contributed by atoms with Gasteiger partial charge in [-0.15, -0.1) is 0 Å². The molecule has 0 aliphatic rings. The van der Waals surface area contributed by atoms with Gasteiger partial charge in [-0.1, -0.05) is 13.8 Å². The second kappa shape index (κ2) is 13.7. The SMILES string of the molecule is CC(C)C(NC(=O)C(N)CCCN=C(N)N)C(=O)NC(CC(=O)O)C(=O)NCC(=O)O. The summed E-state index contributed by atoms with van der Waals surface area (Å²) in [6.07, 6.45) is -0.107. The highest BCUT2D eigenvalue weighted by molar-refractivity contribution is 5.95. The van der Waals surface area contributed by atoms with Crippen LogP contribution < -0.4 is 33.2 Å². The lowest BCUT2D eigenvalue weighted by Gasteiger charge is -2.25. The molecule has 11 N–H and O–H groups in total. The molecular formula is C17H31N7O7. The number of nitrogens with one attached hydrogen (secondary N) is 3. The maximum absolute atomic E-state index is 12.6. The van der Waals surface area contributed by atoms with E-state index in [4.69, 9.17) is 27.4 Å². The monoisotopic (exact) mass is 445 g/mol. The lowest BCUT2D eigenvalue weighted by Crippen LogP contribution is -2.57. The van der Waals surface area contributed by atoms with Gasteiger partial charge in [0.15, 0.2) is 5.96 Å². The molecule has 0 radical (unpaired) electrons. The summed E-state index contributed by atoms with van der Waals surface area (Å²) in [5.41, 5.74) is 16.2. The third-order valence-electron chi connectivity index (χ3n) is 3.98. The number of rotatable bonds is 14. The maximum Gasteiger partial charge on any atom is 0.322 e. The van der Waals surface area contributed by atoms with Crippen molar-refractivity contribution in [3.63, 3.8) is 0 Å². The first-order valence-electron chi connectivity index (χ1n) is 9.48. The van der Waals surface area contributed by atoms with Crippen LogP contribution in [0.25, 0.3) is 0 Å². The van der Waals surface area contributed by atoms with Crippen LogP contribution in [0.5, 0.6) is 0 Å². The largest absolute Gasteiger partial charge is 0.481 e. The highest BCUT2D eigenvalue weighted by Crippen LogP contribution is 2.05. The molecule has 0 saturated heterocycles. The zero-order chi connectivity index (χ0) is 24.1. The molecule has 3 atom stereocenters. The van der Waals surface area contributed by atoms with E-state index in [0.717, 1.165) is 0 Å². The molecule has 0 rings (SSSR count). The van der Waals surface area contributed by atoms with Gasteiger partial charge in [-0.25, -0.2) is 0 Å². The molecular weight excluding hydrogens is 414 g/mol. The Hall–Kier alpha value is -3.42. The molecule has 0 aromatic carbocycles. The Kier molecular flexibility index (Phi) is 12.2. The highest BCUT2D eigenvalue weighted by atomic mass is 16.4. The fourth-order valence-corrected chi connectivity index (χ4v) is 2.38. The Balaban J connectivity index is 5.06. The van der Waals surface area contributed by atoms with Crippen molar-refractivity contribution >= 4 is 35.6 Å². The van der Waals surface area contributed by atoms with Gasteiger partial charge in [0.1, 0.15) is 18.6 Å². The molecule has 0 heterocycles. The maximum atomic E-state index is 12.6. The molecule has 14 nitrogen and oxygen atoms in total. The van der Waals surface area contributed by atoms with Gasteiger partial charge in [0, 0.05) is 6.54 Å². The first-order valence-corrected chi connectivity index (χ1v) is 9.48. The number of nitrogens with two attached hydrogens (primary N) is 3. The second-order valence-electron chi connectivity index (χ2n) is 7.06. The zero-order valence-corrected chi connectivity index (χ0v) is 17.5. The van der Waals surface area contributed by atoms with Crippen LogP contribution in [0.15, 0.2) is 4.99 Å². The van der Waals surface area contributed by atoms with Crippen LogP contribution in [0.3, 0.4) is 0 Å². The van der Waals surface area contributed by atoms with Crippen LogP contribution in [-0.2, 0) is 24.0 Å². The van der Waals surface area contributed by atoms with E-state index < -0.39 is 66.7 Å². The molecule has 14 heteroatoms. The summed E-state index contributed by atoms with van der Waals surface area (Å²) in [5.74, 6) is -5.65. The quantitative estimate of drug-likeness (QED) is 0.0749. The van der Waals surface area contributed by atoms with Crippen LogP contribution in [0.2, 0.25) is 0 Å². The average molecular weight is 445 g/mol. The van der Waals surface area contributed by atoms with Crippen LogP contribution in [0.4, 0.5) is 0 Å². The molecule has 3 amide bonds. The average Bonchev–Trinajstić information content (AvgIpc) is 2.65. The topological polar surface area (TPSA) is 252 Å². The van der Waals surface area contributed by atoms with Gasteiger partial charge in [-0.05, 0) is 18.8 Å². The van der Waals surface area contributed by atoms with E-state index in [1.165, 1.54) is 0 Å². The molecule has 0 aromatic heterocycles. The summed E-state index contributed by atoms with van der Waals surface area (Å²) in [6, 6.07) is -3.59. The number of nitrogens with zero attached hydrogens (tertiary/aromatic N) is 1. The number of guanidine groups is 1. The number of hydrogen-bond donors (Lipinski definition) is 8. The third kappa shape index (κ3) is 12.0.